The Balaban J connectivity index is 1.69. The SMILES string of the molecule is Cn1c(SCC(=O)N2CCCC2)nc2cc3ccccc3cc2c1=O. The zero-order valence-corrected chi connectivity index (χ0v) is 14.9. The number of carbonyl (C=O) groups excluding carboxylic acids is 1. The monoisotopic (exact) mass is 353 g/mol. The minimum atomic E-state index is -0.0770. The normalized spacial score (nSPS) is 14.5. The van der Waals surface area contributed by atoms with Gasteiger partial charge in [0.15, 0.2) is 5.16 Å². The van der Waals surface area contributed by atoms with Crippen molar-refractivity contribution in [1.29, 1.82) is 0 Å². The van der Waals surface area contributed by atoms with Crippen molar-refractivity contribution in [2.75, 3.05) is 18.8 Å². The van der Waals surface area contributed by atoms with E-state index in [0.29, 0.717) is 21.8 Å². The second-order valence-electron chi connectivity index (χ2n) is 6.35. The van der Waals surface area contributed by atoms with Gasteiger partial charge >= 0.3 is 0 Å². The standard InChI is InChI=1S/C19H19N3O2S/c1-21-18(24)15-10-13-6-2-3-7-14(13)11-16(15)20-19(21)25-12-17(23)22-8-4-5-9-22/h2-3,6-7,10-11H,4-5,8-9,12H2,1H3. The third kappa shape index (κ3) is 3.02. The van der Waals surface area contributed by atoms with Crippen molar-refractivity contribution in [3.63, 3.8) is 0 Å². The molecule has 1 saturated heterocycles. The lowest BCUT2D eigenvalue weighted by Gasteiger charge is -2.15. The number of rotatable bonds is 3. The van der Waals surface area contributed by atoms with Crippen molar-refractivity contribution in [2.45, 2.75) is 18.0 Å². The predicted molar refractivity (Wildman–Crippen MR) is 101 cm³/mol. The maximum atomic E-state index is 12.7. The molecule has 0 atom stereocenters. The van der Waals surface area contributed by atoms with E-state index in [4.69, 9.17) is 0 Å². The van der Waals surface area contributed by atoms with Gasteiger partial charge in [0.1, 0.15) is 0 Å². The largest absolute Gasteiger partial charge is 0.342 e. The van der Waals surface area contributed by atoms with E-state index in [1.165, 1.54) is 11.8 Å². The molecule has 1 fully saturated rings. The van der Waals surface area contributed by atoms with Crippen LogP contribution in [0.3, 0.4) is 0 Å². The van der Waals surface area contributed by atoms with Gasteiger partial charge in [-0.15, -0.1) is 0 Å². The van der Waals surface area contributed by atoms with Gasteiger partial charge in [0.05, 0.1) is 16.7 Å². The first kappa shape index (κ1) is 16.1. The van der Waals surface area contributed by atoms with Crippen LogP contribution in [0.1, 0.15) is 12.8 Å². The Morgan fingerprint density at radius 1 is 1.16 bits per heavy atom. The van der Waals surface area contributed by atoms with Crippen LogP contribution in [0, 0.1) is 0 Å². The summed E-state index contributed by atoms with van der Waals surface area (Å²) in [5.74, 6) is 0.440. The molecule has 0 unspecified atom stereocenters. The molecule has 6 heteroatoms. The van der Waals surface area contributed by atoms with Gasteiger partial charge in [-0.05, 0) is 35.7 Å². The van der Waals surface area contributed by atoms with Crippen molar-refractivity contribution >= 4 is 39.3 Å². The molecular weight excluding hydrogens is 334 g/mol. The number of amides is 1. The number of thioether (sulfide) groups is 1. The summed E-state index contributed by atoms with van der Waals surface area (Å²) >= 11 is 1.34. The Bertz CT molecular complexity index is 1020. The zero-order chi connectivity index (χ0) is 17.4. The first-order valence-electron chi connectivity index (χ1n) is 8.43. The lowest BCUT2D eigenvalue weighted by atomic mass is 10.1. The van der Waals surface area contributed by atoms with Crippen LogP contribution in [0.25, 0.3) is 21.7 Å². The third-order valence-corrected chi connectivity index (χ3v) is 5.70. The van der Waals surface area contributed by atoms with Gasteiger partial charge in [-0.3, -0.25) is 14.2 Å². The summed E-state index contributed by atoms with van der Waals surface area (Å²) in [7, 11) is 1.71. The van der Waals surface area contributed by atoms with Crippen molar-refractivity contribution in [1.82, 2.24) is 14.5 Å². The molecule has 128 valence electrons. The van der Waals surface area contributed by atoms with Crippen molar-refractivity contribution in [3.05, 3.63) is 46.8 Å². The minimum absolute atomic E-state index is 0.0770. The lowest BCUT2D eigenvalue weighted by Crippen LogP contribution is -2.29. The molecule has 2 aromatic carbocycles. The summed E-state index contributed by atoms with van der Waals surface area (Å²) < 4.78 is 1.54. The summed E-state index contributed by atoms with van der Waals surface area (Å²) in [6.07, 6.45) is 2.16. The van der Waals surface area contributed by atoms with E-state index in [1.807, 2.05) is 41.3 Å². The van der Waals surface area contributed by atoms with E-state index in [1.54, 1.807) is 11.6 Å². The summed E-state index contributed by atoms with van der Waals surface area (Å²) in [5.41, 5.74) is 0.602. The Labute approximate surface area is 149 Å². The second kappa shape index (κ2) is 6.52. The second-order valence-corrected chi connectivity index (χ2v) is 7.29. The number of hydrogen-bond acceptors (Lipinski definition) is 4. The first-order valence-corrected chi connectivity index (χ1v) is 9.42. The van der Waals surface area contributed by atoms with Crippen LogP contribution < -0.4 is 5.56 Å². The lowest BCUT2D eigenvalue weighted by molar-refractivity contribution is -0.127. The van der Waals surface area contributed by atoms with E-state index in [2.05, 4.69) is 4.98 Å². The van der Waals surface area contributed by atoms with Crippen LogP contribution in [-0.2, 0) is 11.8 Å². The molecule has 0 N–H and O–H groups in total. The molecule has 0 radical (unpaired) electrons. The number of nitrogens with zero attached hydrogens (tertiary/aromatic N) is 3. The van der Waals surface area contributed by atoms with Crippen molar-refractivity contribution in [3.8, 4) is 0 Å². The Kier molecular flexibility index (Phi) is 4.21. The quantitative estimate of drug-likeness (QED) is 0.413. The molecule has 3 aromatic rings. The van der Waals surface area contributed by atoms with E-state index in [-0.39, 0.29) is 11.5 Å². The third-order valence-electron chi connectivity index (χ3n) is 4.69. The molecule has 4 rings (SSSR count). The number of aromatic nitrogens is 2. The molecule has 0 saturated carbocycles. The van der Waals surface area contributed by atoms with Gasteiger partial charge in [-0.2, -0.15) is 0 Å². The maximum Gasteiger partial charge on any atom is 0.261 e. The van der Waals surface area contributed by atoms with E-state index >= 15 is 0 Å². The highest BCUT2D eigenvalue weighted by Crippen LogP contribution is 2.22. The summed E-state index contributed by atoms with van der Waals surface area (Å²) in [5, 5.41) is 3.27. The van der Waals surface area contributed by atoms with Crippen LogP contribution in [0.4, 0.5) is 0 Å². The van der Waals surface area contributed by atoms with Crippen LogP contribution >= 0.6 is 11.8 Å². The topological polar surface area (TPSA) is 55.2 Å². The van der Waals surface area contributed by atoms with Crippen LogP contribution in [0.5, 0.6) is 0 Å². The fourth-order valence-corrected chi connectivity index (χ4v) is 4.13. The molecule has 1 aromatic heterocycles. The molecule has 1 amide bonds. The summed E-state index contributed by atoms with van der Waals surface area (Å²) in [4.78, 5) is 31.5. The molecule has 0 spiro atoms. The van der Waals surface area contributed by atoms with Crippen LogP contribution in [-0.4, -0.2) is 39.2 Å². The van der Waals surface area contributed by atoms with Crippen LogP contribution in [0.15, 0.2) is 46.3 Å². The average Bonchev–Trinajstić information content (AvgIpc) is 3.17. The first-order chi connectivity index (χ1) is 12.1. The van der Waals surface area contributed by atoms with Gasteiger partial charge in [0.25, 0.3) is 5.56 Å². The maximum absolute atomic E-state index is 12.7. The van der Waals surface area contributed by atoms with Gasteiger partial charge in [-0.1, -0.05) is 36.0 Å². The number of likely N-dealkylation sites (tertiary alicyclic amines) is 1. The molecular formula is C19H19N3O2S. The van der Waals surface area contributed by atoms with Gasteiger partial charge in [-0.25, -0.2) is 4.98 Å². The molecule has 2 heterocycles. The molecule has 25 heavy (non-hydrogen) atoms. The Hall–Kier alpha value is -2.34. The summed E-state index contributed by atoms with van der Waals surface area (Å²) in [6.45, 7) is 1.69. The Morgan fingerprint density at radius 3 is 2.56 bits per heavy atom. The highest BCUT2D eigenvalue weighted by atomic mass is 32.2. The average molecular weight is 353 g/mol. The smallest absolute Gasteiger partial charge is 0.261 e. The van der Waals surface area contributed by atoms with Crippen molar-refractivity contribution < 1.29 is 4.79 Å². The molecule has 0 bridgehead atoms. The minimum Gasteiger partial charge on any atom is -0.342 e. The fraction of sp³-hybridized carbons (Fsp3) is 0.316. The molecule has 1 aliphatic rings. The van der Waals surface area contributed by atoms with Gasteiger partial charge in [0, 0.05) is 20.1 Å². The van der Waals surface area contributed by atoms with E-state index in [9.17, 15) is 9.59 Å². The van der Waals surface area contributed by atoms with Crippen LogP contribution in [0.2, 0.25) is 0 Å². The number of hydrogen-bond donors (Lipinski definition) is 0. The summed E-state index contributed by atoms with van der Waals surface area (Å²) in [6, 6.07) is 11.8. The zero-order valence-electron chi connectivity index (χ0n) is 14.1. The number of carbonyl (C=O) groups is 1. The van der Waals surface area contributed by atoms with Gasteiger partial charge in [0.2, 0.25) is 5.91 Å². The fourth-order valence-electron chi connectivity index (χ4n) is 3.25. The van der Waals surface area contributed by atoms with E-state index < -0.39 is 0 Å². The molecule has 5 nitrogen and oxygen atoms in total. The van der Waals surface area contributed by atoms with E-state index in [0.717, 1.165) is 36.7 Å². The highest BCUT2D eigenvalue weighted by Gasteiger charge is 2.19. The van der Waals surface area contributed by atoms with Gasteiger partial charge < -0.3 is 4.90 Å². The molecule has 0 aliphatic carbocycles. The predicted octanol–water partition coefficient (Wildman–Crippen LogP) is 2.80. The van der Waals surface area contributed by atoms with Crippen molar-refractivity contribution in [2.24, 2.45) is 7.05 Å². The molecule has 1 aliphatic heterocycles. The Morgan fingerprint density at radius 2 is 1.84 bits per heavy atom. The number of benzene rings is 2. The number of fused-ring (bicyclic) bond motifs is 2. The highest BCUT2D eigenvalue weighted by molar-refractivity contribution is 7.99.